The number of pyridine rings is 1. The van der Waals surface area contributed by atoms with Gasteiger partial charge >= 0.3 is 0 Å². The standard InChI is InChI=1S/C19H22ClN5O/c20-15-4-5-16-17(13-15)25(11-12-26)19(22-16)14-23-7-9-24(10-8-23)18-3-1-2-6-21-18/h1-6,13,26H,7-12,14H2. The first-order chi connectivity index (χ1) is 12.7. The van der Waals surface area contributed by atoms with E-state index in [1.54, 1.807) is 0 Å². The van der Waals surface area contributed by atoms with Crippen LogP contribution in [-0.4, -0.2) is 57.3 Å². The second kappa shape index (κ2) is 7.61. The summed E-state index contributed by atoms with van der Waals surface area (Å²) in [4.78, 5) is 13.9. The van der Waals surface area contributed by atoms with Crippen LogP contribution in [0, 0.1) is 0 Å². The normalized spacial score (nSPS) is 15.7. The number of hydrogen-bond donors (Lipinski definition) is 1. The van der Waals surface area contributed by atoms with Crippen LogP contribution in [-0.2, 0) is 13.1 Å². The average molecular weight is 372 g/mol. The molecular weight excluding hydrogens is 350 g/mol. The van der Waals surface area contributed by atoms with E-state index in [4.69, 9.17) is 16.6 Å². The van der Waals surface area contributed by atoms with Crippen LogP contribution in [0.3, 0.4) is 0 Å². The van der Waals surface area contributed by atoms with Crippen molar-refractivity contribution in [2.75, 3.05) is 37.7 Å². The molecule has 1 saturated heterocycles. The molecule has 2 aromatic heterocycles. The lowest BCUT2D eigenvalue weighted by atomic mass is 10.3. The third kappa shape index (κ3) is 3.53. The first-order valence-corrected chi connectivity index (χ1v) is 9.26. The lowest BCUT2D eigenvalue weighted by Crippen LogP contribution is -2.46. The highest BCUT2D eigenvalue weighted by Crippen LogP contribution is 2.22. The zero-order chi connectivity index (χ0) is 17.9. The summed E-state index contributed by atoms with van der Waals surface area (Å²) in [7, 11) is 0. The Labute approximate surface area is 157 Å². The molecule has 3 heterocycles. The summed E-state index contributed by atoms with van der Waals surface area (Å²) in [6, 6.07) is 11.7. The van der Waals surface area contributed by atoms with E-state index in [-0.39, 0.29) is 6.61 Å². The number of rotatable bonds is 5. The van der Waals surface area contributed by atoms with E-state index in [2.05, 4.69) is 25.4 Å². The fourth-order valence-corrected chi connectivity index (χ4v) is 3.66. The fraction of sp³-hybridized carbons (Fsp3) is 0.368. The molecule has 1 aliphatic rings. The van der Waals surface area contributed by atoms with E-state index < -0.39 is 0 Å². The highest BCUT2D eigenvalue weighted by atomic mass is 35.5. The first-order valence-electron chi connectivity index (χ1n) is 8.88. The van der Waals surface area contributed by atoms with Gasteiger partial charge in [0.05, 0.1) is 24.2 Å². The molecule has 1 N–H and O–H groups in total. The van der Waals surface area contributed by atoms with Crippen LogP contribution < -0.4 is 4.90 Å². The van der Waals surface area contributed by atoms with Crippen molar-refractivity contribution >= 4 is 28.5 Å². The number of halogens is 1. The van der Waals surface area contributed by atoms with Crippen molar-refractivity contribution in [3.8, 4) is 0 Å². The summed E-state index contributed by atoms with van der Waals surface area (Å²) in [6.07, 6.45) is 1.84. The van der Waals surface area contributed by atoms with Crippen LogP contribution in [0.25, 0.3) is 11.0 Å². The van der Waals surface area contributed by atoms with Crippen LogP contribution in [0.4, 0.5) is 5.82 Å². The summed E-state index contributed by atoms with van der Waals surface area (Å²) in [6.45, 7) is 5.19. The molecule has 0 bridgehead atoms. The Hall–Kier alpha value is -2.15. The van der Waals surface area contributed by atoms with Crippen molar-refractivity contribution in [1.29, 1.82) is 0 Å². The molecule has 0 spiro atoms. The first kappa shape index (κ1) is 17.3. The van der Waals surface area contributed by atoms with Gasteiger partial charge in [-0.05, 0) is 30.3 Å². The van der Waals surface area contributed by atoms with E-state index in [0.717, 1.165) is 55.4 Å². The molecule has 7 heteroatoms. The minimum Gasteiger partial charge on any atom is -0.395 e. The van der Waals surface area contributed by atoms with Gasteiger partial charge in [-0.15, -0.1) is 0 Å². The highest BCUT2D eigenvalue weighted by molar-refractivity contribution is 6.31. The van der Waals surface area contributed by atoms with Crippen molar-refractivity contribution in [2.45, 2.75) is 13.1 Å². The van der Waals surface area contributed by atoms with Gasteiger partial charge in [-0.3, -0.25) is 4.90 Å². The molecule has 4 rings (SSSR count). The molecule has 6 nitrogen and oxygen atoms in total. The van der Waals surface area contributed by atoms with Gasteiger partial charge in [-0.25, -0.2) is 9.97 Å². The van der Waals surface area contributed by atoms with E-state index in [1.165, 1.54) is 0 Å². The van der Waals surface area contributed by atoms with Crippen LogP contribution in [0.2, 0.25) is 5.02 Å². The van der Waals surface area contributed by atoms with E-state index in [9.17, 15) is 5.11 Å². The number of aliphatic hydroxyl groups is 1. The van der Waals surface area contributed by atoms with Gasteiger partial charge < -0.3 is 14.6 Å². The molecule has 1 aliphatic heterocycles. The summed E-state index contributed by atoms with van der Waals surface area (Å²) >= 11 is 6.14. The molecule has 1 aromatic carbocycles. The number of anilines is 1. The zero-order valence-corrected chi connectivity index (χ0v) is 15.3. The Balaban J connectivity index is 1.49. The predicted molar refractivity (Wildman–Crippen MR) is 104 cm³/mol. The molecule has 3 aromatic rings. The van der Waals surface area contributed by atoms with Gasteiger partial charge in [-0.1, -0.05) is 17.7 Å². The van der Waals surface area contributed by atoms with Gasteiger partial charge in [-0.2, -0.15) is 0 Å². The van der Waals surface area contributed by atoms with Crippen molar-refractivity contribution in [1.82, 2.24) is 19.4 Å². The van der Waals surface area contributed by atoms with Gasteiger partial charge in [0.1, 0.15) is 11.6 Å². The maximum absolute atomic E-state index is 9.45. The monoisotopic (exact) mass is 371 g/mol. The van der Waals surface area contributed by atoms with Crippen LogP contribution in [0.5, 0.6) is 0 Å². The summed E-state index contributed by atoms with van der Waals surface area (Å²) in [5, 5.41) is 10.1. The van der Waals surface area contributed by atoms with E-state index >= 15 is 0 Å². The number of hydrogen-bond acceptors (Lipinski definition) is 5. The Morgan fingerprint density at radius 3 is 2.65 bits per heavy atom. The second-order valence-corrected chi connectivity index (χ2v) is 6.92. The minimum absolute atomic E-state index is 0.0818. The van der Waals surface area contributed by atoms with Crippen LogP contribution in [0.15, 0.2) is 42.6 Å². The van der Waals surface area contributed by atoms with Crippen LogP contribution >= 0.6 is 11.6 Å². The zero-order valence-electron chi connectivity index (χ0n) is 14.6. The fourth-order valence-electron chi connectivity index (χ4n) is 3.49. The van der Waals surface area contributed by atoms with Crippen molar-refractivity contribution in [3.63, 3.8) is 0 Å². The number of nitrogens with zero attached hydrogens (tertiary/aromatic N) is 5. The summed E-state index contributed by atoms with van der Waals surface area (Å²) < 4.78 is 2.08. The van der Waals surface area contributed by atoms with Gasteiger partial charge in [0.25, 0.3) is 0 Å². The Kier molecular flexibility index (Phi) is 5.06. The average Bonchev–Trinajstić information content (AvgIpc) is 3.00. The third-order valence-electron chi connectivity index (χ3n) is 4.82. The Bertz CT molecular complexity index is 874. The Morgan fingerprint density at radius 1 is 1.08 bits per heavy atom. The van der Waals surface area contributed by atoms with Gasteiger partial charge in [0, 0.05) is 43.9 Å². The number of benzene rings is 1. The molecule has 0 unspecified atom stereocenters. The molecule has 0 saturated carbocycles. The number of fused-ring (bicyclic) bond motifs is 1. The number of piperazine rings is 1. The quantitative estimate of drug-likeness (QED) is 0.746. The second-order valence-electron chi connectivity index (χ2n) is 6.49. The van der Waals surface area contributed by atoms with E-state index in [1.807, 2.05) is 36.5 Å². The maximum atomic E-state index is 9.45. The number of aliphatic hydroxyl groups excluding tert-OH is 1. The van der Waals surface area contributed by atoms with Crippen molar-refractivity contribution in [3.05, 3.63) is 53.4 Å². The van der Waals surface area contributed by atoms with Crippen molar-refractivity contribution in [2.24, 2.45) is 0 Å². The highest BCUT2D eigenvalue weighted by Gasteiger charge is 2.20. The van der Waals surface area contributed by atoms with E-state index in [0.29, 0.717) is 11.6 Å². The van der Waals surface area contributed by atoms with Gasteiger partial charge in [0.15, 0.2) is 0 Å². The maximum Gasteiger partial charge on any atom is 0.128 e. The molecule has 26 heavy (non-hydrogen) atoms. The molecule has 0 aliphatic carbocycles. The molecular formula is C19H22ClN5O. The molecule has 1 fully saturated rings. The molecule has 0 amide bonds. The minimum atomic E-state index is 0.0818. The third-order valence-corrected chi connectivity index (χ3v) is 5.06. The molecule has 136 valence electrons. The topological polar surface area (TPSA) is 57.4 Å². The molecule has 0 radical (unpaired) electrons. The Morgan fingerprint density at radius 2 is 1.92 bits per heavy atom. The number of aromatic nitrogens is 3. The van der Waals surface area contributed by atoms with Crippen LogP contribution in [0.1, 0.15) is 5.82 Å². The largest absolute Gasteiger partial charge is 0.395 e. The smallest absolute Gasteiger partial charge is 0.128 e. The summed E-state index contributed by atoms with van der Waals surface area (Å²) in [5.41, 5.74) is 1.90. The van der Waals surface area contributed by atoms with Gasteiger partial charge in [0.2, 0.25) is 0 Å². The summed E-state index contributed by atoms with van der Waals surface area (Å²) in [5.74, 6) is 2.01. The molecule has 0 atom stereocenters. The number of imidazole rings is 1. The SMILES string of the molecule is OCCn1c(CN2CCN(c3ccccn3)CC2)nc2ccc(Cl)cc21. The predicted octanol–water partition coefficient (Wildman–Crippen LogP) is 2.40. The van der Waals surface area contributed by atoms with Crippen molar-refractivity contribution < 1.29 is 5.11 Å². The lowest BCUT2D eigenvalue weighted by Gasteiger charge is -2.35. The lowest BCUT2D eigenvalue weighted by molar-refractivity contribution is 0.234.